The zero-order chi connectivity index (χ0) is 13.1. The van der Waals surface area contributed by atoms with E-state index in [2.05, 4.69) is 4.98 Å². The van der Waals surface area contributed by atoms with Gasteiger partial charge < -0.3 is 10.0 Å². The molecule has 0 amide bonds. The molecular weight excluding hydrogens is 248 g/mol. The van der Waals surface area contributed by atoms with Crippen LogP contribution >= 0.6 is 11.3 Å². The van der Waals surface area contributed by atoms with Gasteiger partial charge in [-0.25, -0.2) is 9.78 Å². The van der Waals surface area contributed by atoms with E-state index in [1.807, 2.05) is 36.4 Å². The third kappa shape index (κ3) is 2.87. The van der Waals surface area contributed by atoms with Crippen molar-refractivity contribution in [3.8, 4) is 0 Å². The zero-order valence-corrected chi connectivity index (χ0v) is 11.1. The van der Waals surface area contributed by atoms with Gasteiger partial charge in [-0.3, -0.25) is 0 Å². The summed E-state index contributed by atoms with van der Waals surface area (Å²) >= 11 is 1.61. The van der Waals surface area contributed by atoms with Gasteiger partial charge in [0.15, 0.2) is 5.13 Å². The van der Waals surface area contributed by atoms with Gasteiger partial charge in [0.05, 0.1) is 11.3 Å². The van der Waals surface area contributed by atoms with Gasteiger partial charge in [0.1, 0.15) is 0 Å². The molecule has 2 aromatic rings. The first-order valence-corrected chi connectivity index (χ1v) is 6.40. The van der Waals surface area contributed by atoms with Crippen LogP contribution in [0.4, 0.5) is 5.13 Å². The highest BCUT2D eigenvalue weighted by atomic mass is 32.1. The van der Waals surface area contributed by atoms with Crippen LogP contribution in [0.15, 0.2) is 29.6 Å². The molecule has 0 aliphatic heterocycles. The second kappa shape index (κ2) is 5.18. The van der Waals surface area contributed by atoms with Gasteiger partial charge >= 0.3 is 5.97 Å². The Morgan fingerprint density at radius 1 is 1.39 bits per heavy atom. The lowest BCUT2D eigenvalue weighted by Crippen LogP contribution is -2.16. The summed E-state index contributed by atoms with van der Waals surface area (Å²) in [5.41, 5.74) is 2.39. The summed E-state index contributed by atoms with van der Waals surface area (Å²) in [7, 11) is 1.98. The molecule has 0 atom stereocenters. The number of carbonyl (C=O) groups is 1. The molecule has 0 unspecified atom stereocenters. The van der Waals surface area contributed by atoms with Crippen molar-refractivity contribution in [3.63, 3.8) is 0 Å². The molecule has 4 nitrogen and oxygen atoms in total. The van der Waals surface area contributed by atoms with E-state index in [1.54, 1.807) is 23.5 Å². The lowest BCUT2D eigenvalue weighted by Gasteiger charge is -2.15. The number of carboxylic acid groups (broad SMARTS) is 1. The summed E-state index contributed by atoms with van der Waals surface area (Å²) < 4.78 is 0. The number of benzene rings is 1. The number of nitrogens with zero attached hydrogens (tertiary/aromatic N) is 2. The van der Waals surface area contributed by atoms with Gasteiger partial charge in [-0.15, -0.1) is 11.3 Å². The van der Waals surface area contributed by atoms with E-state index in [1.165, 1.54) is 0 Å². The van der Waals surface area contributed by atoms with Gasteiger partial charge in [-0.05, 0) is 24.6 Å². The van der Waals surface area contributed by atoms with Crippen LogP contribution in [0.25, 0.3) is 0 Å². The minimum atomic E-state index is -0.898. The molecule has 0 saturated heterocycles. The molecule has 1 aromatic heterocycles. The van der Waals surface area contributed by atoms with Gasteiger partial charge in [0.2, 0.25) is 0 Å². The first-order valence-electron chi connectivity index (χ1n) is 5.52. The molecule has 0 bridgehead atoms. The van der Waals surface area contributed by atoms with E-state index in [0.717, 1.165) is 16.4 Å². The van der Waals surface area contributed by atoms with E-state index in [9.17, 15) is 4.79 Å². The van der Waals surface area contributed by atoms with E-state index in [0.29, 0.717) is 12.1 Å². The first-order chi connectivity index (χ1) is 8.56. The normalized spacial score (nSPS) is 10.3. The van der Waals surface area contributed by atoms with Crippen molar-refractivity contribution in [2.75, 3.05) is 11.9 Å². The number of hydrogen-bond acceptors (Lipinski definition) is 4. The summed E-state index contributed by atoms with van der Waals surface area (Å²) in [5.74, 6) is -0.898. The summed E-state index contributed by atoms with van der Waals surface area (Å²) in [6, 6.07) is 6.91. The molecule has 1 aromatic carbocycles. The average molecular weight is 262 g/mol. The van der Waals surface area contributed by atoms with Crippen molar-refractivity contribution in [1.29, 1.82) is 0 Å². The molecule has 0 radical (unpaired) electrons. The predicted molar refractivity (Wildman–Crippen MR) is 72.4 cm³/mol. The molecule has 0 saturated carbocycles. The van der Waals surface area contributed by atoms with Gasteiger partial charge in [-0.1, -0.05) is 12.1 Å². The topological polar surface area (TPSA) is 53.4 Å². The first kappa shape index (κ1) is 12.6. The van der Waals surface area contributed by atoms with Crippen LogP contribution in [0, 0.1) is 6.92 Å². The van der Waals surface area contributed by atoms with Crippen LogP contribution in [0.1, 0.15) is 21.6 Å². The van der Waals surface area contributed by atoms with Crippen LogP contribution in [-0.4, -0.2) is 23.1 Å². The molecule has 0 fully saturated rings. The maximum Gasteiger partial charge on any atom is 0.335 e. The van der Waals surface area contributed by atoms with Crippen molar-refractivity contribution in [1.82, 2.24) is 4.98 Å². The molecular formula is C13H14N2O2S. The van der Waals surface area contributed by atoms with E-state index < -0.39 is 5.97 Å². The highest BCUT2D eigenvalue weighted by molar-refractivity contribution is 7.13. The second-order valence-corrected chi connectivity index (χ2v) is 4.97. The molecule has 0 aliphatic carbocycles. The number of aryl methyl sites for hydroxylation is 1. The largest absolute Gasteiger partial charge is 0.478 e. The third-order valence-corrected chi connectivity index (χ3v) is 3.63. The molecule has 0 spiro atoms. The van der Waals surface area contributed by atoms with Crippen molar-refractivity contribution in [3.05, 3.63) is 46.5 Å². The Balaban J connectivity index is 2.07. The van der Waals surface area contributed by atoms with Gasteiger partial charge in [-0.2, -0.15) is 0 Å². The minimum Gasteiger partial charge on any atom is -0.478 e. The number of anilines is 1. The fraction of sp³-hybridized carbons (Fsp3) is 0.231. The molecule has 5 heteroatoms. The number of aromatic carboxylic acids is 1. The van der Waals surface area contributed by atoms with Crippen LogP contribution in [-0.2, 0) is 6.54 Å². The van der Waals surface area contributed by atoms with Gasteiger partial charge in [0, 0.05) is 19.0 Å². The number of rotatable bonds is 4. The number of carboxylic acids is 1. The standard InChI is InChI=1S/C13H14N2O2S/c1-9-8-18-13(14-9)15(2)7-10-3-5-11(6-4-10)12(16)17/h3-6,8H,7H2,1-2H3,(H,16,17). The average Bonchev–Trinajstić information content (AvgIpc) is 2.76. The van der Waals surface area contributed by atoms with Crippen LogP contribution < -0.4 is 4.90 Å². The SMILES string of the molecule is Cc1csc(N(C)Cc2ccc(C(=O)O)cc2)n1. The van der Waals surface area contributed by atoms with Crippen LogP contribution in [0.5, 0.6) is 0 Å². The van der Waals surface area contributed by atoms with E-state index in [4.69, 9.17) is 5.11 Å². The Morgan fingerprint density at radius 2 is 2.06 bits per heavy atom. The van der Waals surface area contributed by atoms with Crippen molar-refractivity contribution < 1.29 is 9.90 Å². The minimum absolute atomic E-state index is 0.312. The van der Waals surface area contributed by atoms with Crippen molar-refractivity contribution in [2.24, 2.45) is 0 Å². The lowest BCUT2D eigenvalue weighted by atomic mass is 10.1. The molecule has 18 heavy (non-hydrogen) atoms. The summed E-state index contributed by atoms with van der Waals surface area (Å²) in [5, 5.41) is 11.8. The van der Waals surface area contributed by atoms with E-state index in [-0.39, 0.29) is 0 Å². The van der Waals surface area contributed by atoms with Crippen LogP contribution in [0.2, 0.25) is 0 Å². The number of thiazole rings is 1. The summed E-state index contributed by atoms with van der Waals surface area (Å²) in [6.07, 6.45) is 0. The molecule has 2 rings (SSSR count). The van der Waals surface area contributed by atoms with E-state index >= 15 is 0 Å². The third-order valence-electron chi connectivity index (χ3n) is 2.55. The Kier molecular flexibility index (Phi) is 3.62. The Morgan fingerprint density at radius 3 is 2.56 bits per heavy atom. The second-order valence-electron chi connectivity index (χ2n) is 4.13. The highest BCUT2D eigenvalue weighted by Crippen LogP contribution is 2.20. The summed E-state index contributed by atoms with van der Waals surface area (Å²) in [6.45, 7) is 2.68. The lowest BCUT2D eigenvalue weighted by molar-refractivity contribution is 0.0697. The Labute approximate surface area is 110 Å². The maximum absolute atomic E-state index is 10.7. The zero-order valence-electron chi connectivity index (χ0n) is 10.3. The van der Waals surface area contributed by atoms with Crippen LogP contribution in [0.3, 0.4) is 0 Å². The highest BCUT2D eigenvalue weighted by Gasteiger charge is 2.07. The molecule has 1 heterocycles. The molecule has 0 aliphatic rings. The molecule has 1 N–H and O–H groups in total. The van der Waals surface area contributed by atoms with Crippen molar-refractivity contribution >= 4 is 22.4 Å². The number of aromatic nitrogens is 1. The fourth-order valence-electron chi connectivity index (χ4n) is 1.61. The predicted octanol–water partition coefficient (Wildman–Crippen LogP) is 2.79. The quantitative estimate of drug-likeness (QED) is 0.920. The maximum atomic E-state index is 10.7. The fourth-order valence-corrected chi connectivity index (χ4v) is 2.38. The molecule has 94 valence electrons. The Bertz CT molecular complexity index is 548. The number of hydrogen-bond donors (Lipinski definition) is 1. The smallest absolute Gasteiger partial charge is 0.335 e. The Hall–Kier alpha value is -1.88. The monoisotopic (exact) mass is 262 g/mol. The summed E-state index contributed by atoms with van der Waals surface area (Å²) in [4.78, 5) is 17.2. The van der Waals surface area contributed by atoms with Gasteiger partial charge in [0.25, 0.3) is 0 Å². The van der Waals surface area contributed by atoms with Crippen molar-refractivity contribution in [2.45, 2.75) is 13.5 Å².